The first-order valence-electron chi connectivity index (χ1n) is 3.14. The van der Waals surface area contributed by atoms with E-state index < -0.39 is 6.16 Å². The lowest BCUT2D eigenvalue weighted by Gasteiger charge is -2.32. The maximum Gasteiger partial charge on any atom is 0.508 e. The molecular formula is C6H8I2O3. The van der Waals surface area contributed by atoms with Crippen LogP contribution in [-0.2, 0) is 9.47 Å². The zero-order chi connectivity index (χ0) is 8.32. The lowest BCUT2D eigenvalue weighted by molar-refractivity contribution is -0.0384. The molecule has 0 aliphatic carbocycles. The van der Waals surface area contributed by atoms with Crippen LogP contribution in [0.15, 0.2) is 0 Å². The molecule has 0 unspecified atom stereocenters. The van der Waals surface area contributed by atoms with Crippen LogP contribution >= 0.6 is 45.2 Å². The van der Waals surface area contributed by atoms with E-state index in [-0.39, 0.29) is 5.41 Å². The van der Waals surface area contributed by atoms with Crippen LogP contribution in [-0.4, -0.2) is 28.2 Å². The van der Waals surface area contributed by atoms with Gasteiger partial charge in [-0.25, -0.2) is 4.79 Å². The molecule has 1 rings (SSSR count). The number of hydrogen-bond acceptors (Lipinski definition) is 3. The summed E-state index contributed by atoms with van der Waals surface area (Å²) in [6.45, 7) is 0.995. The fourth-order valence-corrected chi connectivity index (χ4v) is 3.15. The van der Waals surface area contributed by atoms with E-state index in [1.807, 2.05) is 0 Å². The van der Waals surface area contributed by atoms with Crippen molar-refractivity contribution in [3.63, 3.8) is 0 Å². The Labute approximate surface area is 92.5 Å². The number of hydrogen-bond donors (Lipinski definition) is 0. The summed E-state index contributed by atoms with van der Waals surface area (Å²) >= 11 is 4.58. The first-order chi connectivity index (χ1) is 5.22. The fourth-order valence-electron chi connectivity index (χ4n) is 0.697. The Morgan fingerprint density at radius 1 is 1.27 bits per heavy atom. The van der Waals surface area contributed by atoms with Crippen molar-refractivity contribution in [2.75, 3.05) is 22.1 Å². The van der Waals surface area contributed by atoms with Gasteiger partial charge in [0.15, 0.2) is 0 Å². The molecule has 0 aromatic rings. The molecule has 0 radical (unpaired) electrons. The first kappa shape index (κ1) is 9.82. The molecule has 0 aromatic carbocycles. The quantitative estimate of drug-likeness (QED) is 0.417. The highest BCUT2D eigenvalue weighted by Crippen LogP contribution is 2.27. The molecule has 1 aliphatic rings. The van der Waals surface area contributed by atoms with Crippen LogP contribution in [0.3, 0.4) is 0 Å². The van der Waals surface area contributed by atoms with Gasteiger partial charge in [-0.1, -0.05) is 45.2 Å². The van der Waals surface area contributed by atoms with E-state index in [1.54, 1.807) is 0 Å². The third-order valence-corrected chi connectivity index (χ3v) is 4.80. The second-order valence-corrected chi connectivity index (χ2v) is 4.12. The summed E-state index contributed by atoms with van der Waals surface area (Å²) in [6, 6.07) is 0. The van der Waals surface area contributed by atoms with Gasteiger partial charge >= 0.3 is 6.16 Å². The lowest BCUT2D eigenvalue weighted by atomic mass is 9.96. The highest BCUT2D eigenvalue weighted by atomic mass is 127. The van der Waals surface area contributed by atoms with Gasteiger partial charge in [0.25, 0.3) is 0 Å². The van der Waals surface area contributed by atoms with Crippen LogP contribution < -0.4 is 0 Å². The number of cyclic esters (lactones) is 2. The average Bonchev–Trinajstić information content (AvgIpc) is 2.07. The van der Waals surface area contributed by atoms with Gasteiger partial charge < -0.3 is 9.47 Å². The number of rotatable bonds is 2. The monoisotopic (exact) mass is 382 g/mol. The molecule has 11 heavy (non-hydrogen) atoms. The lowest BCUT2D eigenvalue weighted by Crippen LogP contribution is -2.41. The SMILES string of the molecule is O=C1OCC(CI)(CI)CO1. The van der Waals surface area contributed by atoms with Crippen LogP contribution in [0.2, 0.25) is 0 Å². The molecule has 0 N–H and O–H groups in total. The van der Waals surface area contributed by atoms with E-state index in [0.29, 0.717) is 13.2 Å². The molecule has 1 saturated heterocycles. The molecule has 1 aliphatic heterocycles. The second-order valence-electron chi connectivity index (χ2n) is 2.59. The van der Waals surface area contributed by atoms with Crippen molar-refractivity contribution in [2.24, 2.45) is 5.41 Å². The third kappa shape index (κ3) is 2.33. The molecule has 3 nitrogen and oxygen atoms in total. The smallest absolute Gasteiger partial charge is 0.434 e. The van der Waals surface area contributed by atoms with Crippen molar-refractivity contribution >= 4 is 51.3 Å². The van der Waals surface area contributed by atoms with Crippen LogP contribution in [0.5, 0.6) is 0 Å². The Morgan fingerprint density at radius 2 is 1.73 bits per heavy atom. The molecule has 0 saturated carbocycles. The largest absolute Gasteiger partial charge is 0.508 e. The maximum absolute atomic E-state index is 10.5. The minimum Gasteiger partial charge on any atom is -0.434 e. The molecule has 0 aromatic heterocycles. The summed E-state index contributed by atoms with van der Waals surface area (Å²) in [7, 11) is 0. The number of alkyl halides is 2. The van der Waals surface area contributed by atoms with Gasteiger partial charge in [0, 0.05) is 8.86 Å². The standard InChI is InChI=1S/C6H8I2O3/c7-1-6(2-8)3-10-5(9)11-4-6/h1-4H2. The van der Waals surface area contributed by atoms with Crippen molar-refractivity contribution < 1.29 is 14.3 Å². The van der Waals surface area contributed by atoms with Gasteiger partial charge in [-0.3, -0.25) is 0 Å². The van der Waals surface area contributed by atoms with E-state index in [2.05, 4.69) is 45.2 Å². The summed E-state index contributed by atoms with van der Waals surface area (Å²) in [6.07, 6.45) is -0.532. The average molecular weight is 382 g/mol. The number of halogens is 2. The second kappa shape index (κ2) is 4.11. The number of carbonyl (C=O) groups is 1. The molecule has 0 bridgehead atoms. The number of carbonyl (C=O) groups excluding carboxylic acids is 1. The molecule has 1 fully saturated rings. The first-order valence-corrected chi connectivity index (χ1v) is 6.19. The summed E-state index contributed by atoms with van der Waals surface area (Å²) in [4.78, 5) is 10.5. The highest BCUT2D eigenvalue weighted by molar-refractivity contribution is 14.1. The summed E-state index contributed by atoms with van der Waals surface area (Å²) in [5.41, 5.74) is 0.0506. The Bertz CT molecular complexity index is 144. The molecule has 5 heteroatoms. The topological polar surface area (TPSA) is 35.5 Å². The number of ether oxygens (including phenoxy) is 2. The van der Waals surface area contributed by atoms with E-state index >= 15 is 0 Å². The Morgan fingerprint density at radius 3 is 2.09 bits per heavy atom. The van der Waals surface area contributed by atoms with E-state index in [9.17, 15) is 4.79 Å². The normalized spacial score (nSPS) is 22.2. The molecule has 0 amide bonds. The van der Waals surface area contributed by atoms with E-state index in [0.717, 1.165) is 8.86 Å². The van der Waals surface area contributed by atoms with Crippen LogP contribution in [0.25, 0.3) is 0 Å². The molecule has 64 valence electrons. The Balaban J connectivity index is 2.52. The van der Waals surface area contributed by atoms with Gasteiger partial charge in [0.2, 0.25) is 0 Å². The van der Waals surface area contributed by atoms with E-state index in [4.69, 9.17) is 9.47 Å². The Hall–Kier alpha value is 0.730. The molecule has 0 spiro atoms. The highest BCUT2D eigenvalue weighted by Gasteiger charge is 2.35. The zero-order valence-electron chi connectivity index (χ0n) is 5.81. The van der Waals surface area contributed by atoms with Crippen LogP contribution in [0, 0.1) is 5.41 Å². The van der Waals surface area contributed by atoms with Gasteiger partial charge in [0.1, 0.15) is 13.2 Å². The van der Waals surface area contributed by atoms with Gasteiger partial charge in [-0.05, 0) is 0 Å². The zero-order valence-corrected chi connectivity index (χ0v) is 10.1. The van der Waals surface area contributed by atoms with Crippen LogP contribution in [0.1, 0.15) is 0 Å². The Kier molecular flexibility index (Phi) is 3.66. The summed E-state index contributed by atoms with van der Waals surface area (Å²) < 4.78 is 11.5. The summed E-state index contributed by atoms with van der Waals surface area (Å²) in [5, 5.41) is 0. The predicted octanol–water partition coefficient (Wildman–Crippen LogP) is 2.01. The minimum absolute atomic E-state index is 0.0506. The van der Waals surface area contributed by atoms with Gasteiger partial charge in [0.05, 0.1) is 5.41 Å². The van der Waals surface area contributed by atoms with Crippen LogP contribution in [0.4, 0.5) is 4.79 Å². The summed E-state index contributed by atoms with van der Waals surface area (Å²) in [5.74, 6) is 0. The van der Waals surface area contributed by atoms with E-state index in [1.165, 1.54) is 0 Å². The molecule has 0 atom stereocenters. The third-order valence-electron chi connectivity index (χ3n) is 1.56. The molecular weight excluding hydrogens is 374 g/mol. The van der Waals surface area contributed by atoms with Gasteiger partial charge in [-0.15, -0.1) is 0 Å². The van der Waals surface area contributed by atoms with Crippen molar-refractivity contribution in [1.29, 1.82) is 0 Å². The van der Waals surface area contributed by atoms with Gasteiger partial charge in [-0.2, -0.15) is 0 Å². The fraction of sp³-hybridized carbons (Fsp3) is 0.833. The van der Waals surface area contributed by atoms with Crippen molar-refractivity contribution in [1.82, 2.24) is 0 Å². The predicted molar refractivity (Wildman–Crippen MR) is 57.5 cm³/mol. The molecule has 1 heterocycles. The van der Waals surface area contributed by atoms with Crippen molar-refractivity contribution in [3.8, 4) is 0 Å². The van der Waals surface area contributed by atoms with Crippen molar-refractivity contribution in [3.05, 3.63) is 0 Å². The minimum atomic E-state index is -0.532. The maximum atomic E-state index is 10.5. The van der Waals surface area contributed by atoms with Crippen molar-refractivity contribution in [2.45, 2.75) is 0 Å².